The molecule has 0 spiro atoms. The lowest BCUT2D eigenvalue weighted by atomic mass is 10.0. The first-order chi connectivity index (χ1) is 14.6. The number of nitrogens with zero attached hydrogens (tertiary/aromatic N) is 4. The maximum Gasteiger partial charge on any atom is 0.228 e. The summed E-state index contributed by atoms with van der Waals surface area (Å²) in [7, 11) is 0. The van der Waals surface area contributed by atoms with E-state index in [1.807, 2.05) is 18.2 Å². The zero-order valence-corrected chi connectivity index (χ0v) is 16.2. The molecule has 2 aromatic rings. The summed E-state index contributed by atoms with van der Waals surface area (Å²) in [6.07, 6.45) is 6.94. The van der Waals surface area contributed by atoms with Gasteiger partial charge in [0.1, 0.15) is 5.83 Å². The van der Waals surface area contributed by atoms with Crippen LogP contribution in [0.25, 0.3) is 5.70 Å². The summed E-state index contributed by atoms with van der Waals surface area (Å²) in [5, 5.41) is 4.34. The highest BCUT2D eigenvalue weighted by Crippen LogP contribution is 2.31. The van der Waals surface area contributed by atoms with E-state index in [-0.39, 0.29) is 22.7 Å². The number of carbonyl (C=O) groups is 1. The summed E-state index contributed by atoms with van der Waals surface area (Å²) in [6, 6.07) is 10.4. The number of hydrogen-bond donors (Lipinski definition) is 1. The molecule has 152 valence electrons. The van der Waals surface area contributed by atoms with E-state index in [0.717, 1.165) is 0 Å². The highest BCUT2D eigenvalue weighted by atomic mass is 19.1. The van der Waals surface area contributed by atoms with Crippen molar-refractivity contribution >= 4 is 23.0 Å². The number of rotatable bonds is 5. The predicted molar refractivity (Wildman–Crippen MR) is 112 cm³/mol. The van der Waals surface area contributed by atoms with Gasteiger partial charge in [-0.05, 0) is 43.3 Å². The van der Waals surface area contributed by atoms with Gasteiger partial charge in [-0.2, -0.15) is 5.10 Å². The van der Waals surface area contributed by atoms with Gasteiger partial charge in [0.2, 0.25) is 11.3 Å². The molecule has 1 fully saturated rings. The van der Waals surface area contributed by atoms with E-state index >= 15 is 0 Å². The second-order valence-corrected chi connectivity index (χ2v) is 6.89. The SMILES string of the molecule is NC=CC(=Nc1ccccc1)c1nn(C2=C(F)C=C(N3CCC3=O)CC2)ccc1=O. The molecule has 7 nitrogen and oxygen atoms in total. The zero-order chi connectivity index (χ0) is 21.1. The Labute approximate surface area is 172 Å². The number of hydrogen-bond acceptors (Lipinski definition) is 5. The second kappa shape index (κ2) is 8.28. The van der Waals surface area contributed by atoms with Crippen molar-refractivity contribution in [3.63, 3.8) is 0 Å². The van der Waals surface area contributed by atoms with Crippen LogP contribution in [0.1, 0.15) is 25.0 Å². The third-order valence-electron chi connectivity index (χ3n) is 4.97. The van der Waals surface area contributed by atoms with Crippen molar-refractivity contribution in [3.05, 3.63) is 88.4 Å². The molecule has 1 saturated heterocycles. The standard InChI is InChI=1S/C22H20FN5O2/c23-17-14-16(27-12-10-21(27)30)6-7-19(17)28-13-9-20(29)22(26-28)18(8-11-24)25-15-4-2-1-3-5-15/h1-5,8-9,11,13-14H,6-7,10,12,24H2. The van der Waals surface area contributed by atoms with Crippen LogP contribution in [-0.4, -0.2) is 32.8 Å². The summed E-state index contributed by atoms with van der Waals surface area (Å²) >= 11 is 0. The maximum atomic E-state index is 14.8. The number of para-hydroxylation sites is 1. The summed E-state index contributed by atoms with van der Waals surface area (Å²) in [6.45, 7) is 0.623. The summed E-state index contributed by atoms with van der Waals surface area (Å²) < 4.78 is 16.2. The Hall–Kier alpha value is -3.81. The summed E-state index contributed by atoms with van der Waals surface area (Å²) in [4.78, 5) is 30.1. The first kappa shape index (κ1) is 19.5. The fraction of sp³-hybridized carbons (Fsp3) is 0.182. The highest BCUT2D eigenvalue weighted by Gasteiger charge is 2.29. The van der Waals surface area contributed by atoms with Gasteiger partial charge in [0, 0.05) is 30.9 Å². The van der Waals surface area contributed by atoms with E-state index in [2.05, 4.69) is 10.1 Å². The predicted octanol–water partition coefficient (Wildman–Crippen LogP) is 2.88. The minimum absolute atomic E-state index is 0.0107. The second-order valence-electron chi connectivity index (χ2n) is 6.89. The van der Waals surface area contributed by atoms with Gasteiger partial charge in [0.25, 0.3) is 0 Å². The third kappa shape index (κ3) is 3.84. The fourth-order valence-corrected chi connectivity index (χ4v) is 3.36. The number of amides is 1. The molecular weight excluding hydrogens is 385 g/mol. The highest BCUT2D eigenvalue weighted by molar-refractivity contribution is 6.08. The quantitative estimate of drug-likeness (QED) is 0.611. The van der Waals surface area contributed by atoms with Gasteiger partial charge in [0.05, 0.1) is 17.1 Å². The Balaban J connectivity index is 1.73. The third-order valence-corrected chi connectivity index (χ3v) is 4.97. The number of carbonyl (C=O) groups excluding carboxylic acids is 1. The minimum Gasteiger partial charge on any atom is -0.405 e. The van der Waals surface area contributed by atoms with E-state index in [1.165, 1.54) is 35.3 Å². The molecule has 1 aromatic carbocycles. The molecule has 1 aliphatic carbocycles. The lowest BCUT2D eigenvalue weighted by Crippen LogP contribution is -2.42. The van der Waals surface area contributed by atoms with Gasteiger partial charge in [-0.15, -0.1) is 0 Å². The van der Waals surface area contributed by atoms with Gasteiger partial charge >= 0.3 is 0 Å². The molecule has 1 aliphatic heterocycles. The van der Waals surface area contributed by atoms with Crippen molar-refractivity contribution in [3.8, 4) is 0 Å². The van der Waals surface area contributed by atoms with E-state index in [4.69, 9.17) is 5.73 Å². The normalized spacial score (nSPS) is 17.4. The van der Waals surface area contributed by atoms with Crippen LogP contribution in [0, 0.1) is 0 Å². The van der Waals surface area contributed by atoms with E-state index in [0.29, 0.717) is 42.9 Å². The van der Waals surface area contributed by atoms with Crippen LogP contribution in [0.3, 0.4) is 0 Å². The van der Waals surface area contributed by atoms with Gasteiger partial charge < -0.3 is 10.6 Å². The number of halogens is 1. The number of allylic oxidation sites excluding steroid dienone is 5. The molecule has 1 amide bonds. The summed E-state index contributed by atoms with van der Waals surface area (Å²) in [5.74, 6) is -0.467. The van der Waals surface area contributed by atoms with Crippen molar-refractivity contribution < 1.29 is 9.18 Å². The lowest BCUT2D eigenvalue weighted by Gasteiger charge is -2.34. The van der Waals surface area contributed by atoms with Crippen LogP contribution in [0.4, 0.5) is 10.1 Å². The van der Waals surface area contributed by atoms with Gasteiger partial charge in [-0.3, -0.25) is 9.59 Å². The van der Waals surface area contributed by atoms with Crippen molar-refractivity contribution in [1.29, 1.82) is 0 Å². The number of benzene rings is 1. The first-order valence-corrected chi connectivity index (χ1v) is 9.59. The van der Waals surface area contributed by atoms with Crippen LogP contribution in [0.5, 0.6) is 0 Å². The molecule has 0 bridgehead atoms. The Kier molecular flexibility index (Phi) is 5.38. The molecule has 0 saturated carbocycles. The smallest absolute Gasteiger partial charge is 0.228 e. The molecular formula is C22H20FN5O2. The Morgan fingerprint density at radius 1 is 1.13 bits per heavy atom. The zero-order valence-electron chi connectivity index (χ0n) is 16.2. The number of aromatic nitrogens is 2. The number of β-lactam (4-membered cyclic amide) rings is 1. The van der Waals surface area contributed by atoms with Gasteiger partial charge in [-0.1, -0.05) is 18.2 Å². The van der Waals surface area contributed by atoms with Crippen LogP contribution in [0.15, 0.2) is 82.3 Å². The molecule has 8 heteroatoms. The number of likely N-dealkylation sites (tertiary alicyclic amines) is 1. The average Bonchev–Trinajstić information content (AvgIpc) is 2.74. The molecule has 2 N–H and O–H groups in total. The van der Waals surface area contributed by atoms with E-state index in [9.17, 15) is 14.0 Å². The van der Waals surface area contributed by atoms with Crippen LogP contribution < -0.4 is 11.2 Å². The van der Waals surface area contributed by atoms with Crippen molar-refractivity contribution in [1.82, 2.24) is 14.7 Å². The Bertz CT molecular complexity index is 1160. The molecule has 2 aliphatic rings. The summed E-state index contributed by atoms with van der Waals surface area (Å²) in [5.41, 5.74) is 7.17. The minimum atomic E-state index is -0.478. The van der Waals surface area contributed by atoms with Crippen molar-refractivity contribution in [2.75, 3.05) is 6.54 Å². The monoisotopic (exact) mass is 405 g/mol. The molecule has 2 heterocycles. The van der Waals surface area contributed by atoms with Crippen LogP contribution in [-0.2, 0) is 4.79 Å². The van der Waals surface area contributed by atoms with E-state index < -0.39 is 5.83 Å². The maximum absolute atomic E-state index is 14.8. The van der Waals surface area contributed by atoms with Crippen LogP contribution in [0.2, 0.25) is 0 Å². The van der Waals surface area contributed by atoms with Crippen molar-refractivity contribution in [2.24, 2.45) is 10.7 Å². The van der Waals surface area contributed by atoms with Crippen molar-refractivity contribution in [2.45, 2.75) is 19.3 Å². The van der Waals surface area contributed by atoms with E-state index in [1.54, 1.807) is 17.0 Å². The molecule has 0 radical (unpaired) electrons. The topological polar surface area (TPSA) is 93.6 Å². The number of nitrogens with two attached hydrogens (primary N) is 1. The Morgan fingerprint density at radius 3 is 2.57 bits per heavy atom. The molecule has 4 rings (SSSR count). The average molecular weight is 405 g/mol. The Morgan fingerprint density at radius 2 is 1.93 bits per heavy atom. The molecule has 0 atom stereocenters. The molecule has 1 aromatic heterocycles. The first-order valence-electron chi connectivity index (χ1n) is 9.59. The van der Waals surface area contributed by atoms with Gasteiger partial charge in [-0.25, -0.2) is 14.1 Å². The fourth-order valence-electron chi connectivity index (χ4n) is 3.36. The number of aliphatic imine (C=N–C) groups is 1. The van der Waals surface area contributed by atoms with Gasteiger partial charge in [0.15, 0.2) is 5.69 Å². The molecule has 30 heavy (non-hydrogen) atoms. The molecule has 0 unspecified atom stereocenters. The lowest BCUT2D eigenvalue weighted by molar-refractivity contribution is -0.137. The van der Waals surface area contributed by atoms with Crippen LogP contribution >= 0.6 is 0 Å². The largest absolute Gasteiger partial charge is 0.405 e.